The second-order valence-corrected chi connectivity index (χ2v) is 32.6. The van der Waals surface area contributed by atoms with E-state index in [2.05, 4.69) is 97.1 Å². The van der Waals surface area contributed by atoms with Crippen LogP contribution in [0.3, 0.4) is 0 Å². The average molecular weight is 1730 g/mol. The van der Waals surface area contributed by atoms with Crippen molar-refractivity contribution in [3.63, 3.8) is 0 Å². The maximum absolute atomic E-state index is 13.6. The Morgan fingerprint density at radius 3 is 1.24 bits per heavy atom. The van der Waals surface area contributed by atoms with E-state index in [-0.39, 0.29) is 49.8 Å². The number of pyridine rings is 5. The number of imidazole rings is 3. The molecule has 0 unspecified atom stereocenters. The van der Waals surface area contributed by atoms with Crippen LogP contribution in [-0.4, -0.2) is 129 Å². The minimum absolute atomic E-state index is 0. The largest absolute Gasteiger partial charge is 1.00 e. The summed E-state index contributed by atoms with van der Waals surface area (Å²) in [7, 11) is 2.95. The van der Waals surface area contributed by atoms with E-state index >= 15 is 0 Å². The van der Waals surface area contributed by atoms with Crippen LogP contribution in [-0.2, 0) is 19.9 Å². The first-order valence-electron chi connectivity index (χ1n) is 38.5. The summed E-state index contributed by atoms with van der Waals surface area (Å²) in [6.07, 6.45) is 24.2. The third-order valence-corrected chi connectivity index (χ3v) is 20.4. The summed E-state index contributed by atoms with van der Waals surface area (Å²) in [4.78, 5) is 96.6. The molecular weight excluding hydrogens is 1630 g/mol. The van der Waals surface area contributed by atoms with Crippen LogP contribution in [0.1, 0.15) is 220 Å². The van der Waals surface area contributed by atoms with Gasteiger partial charge in [0.1, 0.15) is 62.6 Å². The van der Waals surface area contributed by atoms with Crippen molar-refractivity contribution < 1.29 is 71.0 Å². The van der Waals surface area contributed by atoms with Crippen LogP contribution in [0, 0.1) is 48.5 Å². The molecule has 3 aliphatic rings. The van der Waals surface area contributed by atoms with Gasteiger partial charge in [0.15, 0.2) is 5.78 Å². The molecule has 119 heavy (non-hydrogen) atoms. The molecule has 0 atom stereocenters. The normalized spacial score (nSPS) is 13.0. The van der Waals surface area contributed by atoms with Gasteiger partial charge in [0.2, 0.25) is 0 Å². The van der Waals surface area contributed by atoms with Gasteiger partial charge in [-0.3, -0.25) is 39.3 Å². The number of amides is 1. The minimum atomic E-state index is -1.46. The molecule has 11 aromatic heterocycles. The van der Waals surface area contributed by atoms with E-state index in [9.17, 15) is 24.3 Å². The number of unbranched alkanes of at least 4 members (excludes halogenated alkanes) is 1. The summed E-state index contributed by atoms with van der Waals surface area (Å²) < 4.78 is 32.8. The number of H-pyrrole nitrogens is 1. The Kier molecular flexibility index (Phi) is 29.5. The van der Waals surface area contributed by atoms with Crippen LogP contribution >= 0.6 is 31.9 Å². The van der Waals surface area contributed by atoms with Crippen LogP contribution in [0.5, 0.6) is 0 Å². The molecule has 0 radical (unpaired) electrons. The minimum Gasteiger partial charge on any atom is -0.443 e. The van der Waals surface area contributed by atoms with Gasteiger partial charge < -0.3 is 40.1 Å². The van der Waals surface area contributed by atoms with Gasteiger partial charge in [0.05, 0.1) is 57.4 Å². The maximum atomic E-state index is 13.6. The molecule has 3 aliphatic carbocycles. The summed E-state index contributed by atoms with van der Waals surface area (Å²) in [6, 6.07) is 29.6. The van der Waals surface area contributed by atoms with E-state index in [1.165, 1.54) is 29.7 Å². The molecule has 26 nitrogen and oxygen atoms in total. The number of hydrogen-bond donors (Lipinski definition) is 2. The number of rotatable bonds is 14. The molecule has 3 fully saturated rings. The van der Waals surface area contributed by atoms with Crippen LogP contribution in [0.15, 0.2) is 182 Å². The number of aromatic nitrogens is 14. The van der Waals surface area contributed by atoms with Gasteiger partial charge >= 0.3 is 31.0 Å². The standard InChI is InChI=1S/C26H23N5O2.C26H26N4O4.C23H28N4O5.2C5H4BrN.C4H9.CH4.Li/c1-15-23(16(2)33-31-15)18-13-21(24-22(14-18)29-25(30-24)17-3-4-17)26(32,19-5-9-27-10-6-19)20-7-11-28-12-8-20;1-14-21(15(2)34-29-14)18-12-19(23(31)16-8-10-27-11-9-16)22-20(13-18)30(24(28-22)17-6-7-17)25(32)33-26(3,4)5;1-12-18(13(2)32-25-12)15-10-16(21(28)26(6)30-7)19-17(11-15)27(20(24-19)14-8-9-14)22(29)31-23(3,4)5;2*6-5-1-3-7-4-2-5;1-3-4-2;;/h5-14,17,32H,3-4H2,1-2H3,(H,29,30);8-13,17H,6-7H2,1-5H3;10-11,14H,8-9H2,1-7H3;2*1-4H;1,3-4H2,2H3;1H4;/q;;;;;-1;;+1. The van der Waals surface area contributed by atoms with Crippen molar-refractivity contribution in [3.05, 3.63) is 260 Å². The molecule has 3 saturated carbocycles. The summed E-state index contributed by atoms with van der Waals surface area (Å²) in [5.41, 5.74) is 11.1. The zero-order valence-corrected chi connectivity index (χ0v) is 72.3. The molecule has 0 bridgehead atoms. The second-order valence-electron chi connectivity index (χ2n) is 30.7. The van der Waals surface area contributed by atoms with Gasteiger partial charge in [-0.2, -0.15) is 6.42 Å². The Morgan fingerprint density at radius 1 is 0.538 bits per heavy atom. The molecule has 2 N–H and O–H groups in total. The molecule has 11 heterocycles. The van der Waals surface area contributed by atoms with E-state index in [1.54, 1.807) is 86.2 Å². The van der Waals surface area contributed by atoms with Gasteiger partial charge in [-0.25, -0.2) is 38.7 Å². The predicted octanol–water partition coefficient (Wildman–Crippen LogP) is 17.9. The number of halogens is 2. The molecule has 29 heteroatoms. The fourth-order valence-electron chi connectivity index (χ4n) is 13.3. The van der Waals surface area contributed by atoms with Gasteiger partial charge in [-0.05, 0) is 246 Å². The topological polar surface area (TPSA) is 326 Å². The number of hydroxylamine groups is 2. The summed E-state index contributed by atoms with van der Waals surface area (Å²) >= 11 is 6.54. The van der Waals surface area contributed by atoms with Crippen LogP contribution < -0.4 is 18.9 Å². The number of nitrogens with one attached hydrogen (secondary N) is 1. The van der Waals surface area contributed by atoms with Gasteiger partial charge in [-0.15, -0.1) is 0 Å². The van der Waals surface area contributed by atoms with Crippen LogP contribution in [0.25, 0.3) is 66.5 Å². The third kappa shape index (κ3) is 21.2. The number of nitrogens with zero attached hydrogens (tertiary/aromatic N) is 14. The van der Waals surface area contributed by atoms with Crippen molar-refractivity contribution in [2.45, 2.75) is 183 Å². The Balaban J connectivity index is 0.000000168. The number of fused-ring (bicyclic) bond motifs is 3. The van der Waals surface area contributed by atoms with Crippen molar-refractivity contribution in [1.82, 2.24) is 74.5 Å². The van der Waals surface area contributed by atoms with Crippen molar-refractivity contribution in [1.29, 1.82) is 0 Å². The molecule has 0 aliphatic heterocycles. The first kappa shape index (κ1) is 90.3. The Morgan fingerprint density at radius 2 is 0.899 bits per heavy atom. The molecule has 1 amide bonds. The first-order chi connectivity index (χ1) is 55.9. The van der Waals surface area contributed by atoms with Crippen molar-refractivity contribution in [2.24, 2.45) is 0 Å². The number of hydrogen-bond acceptors (Lipinski definition) is 22. The number of aliphatic hydroxyl groups is 1. The van der Waals surface area contributed by atoms with Crippen LogP contribution in [0.4, 0.5) is 9.59 Å². The van der Waals surface area contributed by atoms with E-state index in [0.29, 0.717) is 101 Å². The van der Waals surface area contributed by atoms with Gasteiger partial charge in [-0.1, -0.05) is 68.1 Å². The van der Waals surface area contributed by atoms with Gasteiger partial charge in [0.25, 0.3) is 5.91 Å². The molecule has 0 spiro atoms. The smallest absolute Gasteiger partial charge is 0.443 e. The molecule has 3 aromatic carbocycles. The Labute approximate surface area is 720 Å². The van der Waals surface area contributed by atoms with Gasteiger partial charge in [0, 0.05) is 124 Å². The number of ketones is 1. The number of ether oxygens (including phenoxy) is 2. The van der Waals surface area contributed by atoms with Crippen molar-refractivity contribution in [3.8, 4) is 33.4 Å². The Hall–Kier alpha value is -11.0. The van der Waals surface area contributed by atoms with Crippen molar-refractivity contribution >= 4 is 88.8 Å². The fourth-order valence-corrected chi connectivity index (χ4v) is 13.8. The van der Waals surface area contributed by atoms with E-state index < -0.39 is 29.0 Å². The zero-order valence-electron chi connectivity index (χ0n) is 69.2. The SMILES string of the molecule is Brc1ccncc1.Brc1ccncc1.C.CON(C)C(=O)c1cc(-c2c(C)noc2C)cc2c1nc(C1CC1)n2C(=O)OC(C)(C)C.Cc1noc(C)c1-c1cc(C(=O)c2ccncc2)c2nc(C3CC3)n(C(=O)OC(C)(C)C)c2c1.Cc1noc(C)c1-c1cc(C(O)(c2ccncc2)c2ccncc2)c2nc(C3CC3)[nH]c2c1.[CH2-]CCC.[Li+]. The zero-order chi connectivity index (χ0) is 83.8. The molecule has 0 saturated heterocycles. The molecule has 14 aromatic rings. The summed E-state index contributed by atoms with van der Waals surface area (Å²) in [5, 5.41) is 25.9. The van der Waals surface area contributed by atoms with Crippen molar-refractivity contribution in [2.75, 3.05) is 14.2 Å². The maximum Gasteiger partial charge on any atom is 1.00 e. The summed E-state index contributed by atoms with van der Waals surface area (Å²) in [6.45, 7) is 27.8. The average Bonchev–Trinajstić information content (AvgIpc) is 1.69. The molecule has 17 rings (SSSR count). The quantitative estimate of drug-likeness (QED) is 0.0442. The number of aromatic amines is 1. The van der Waals surface area contributed by atoms with E-state index in [1.807, 2.05) is 150 Å². The number of carbonyl (C=O) groups excluding carboxylic acids is 4. The third-order valence-electron chi connectivity index (χ3n) is 19.3. The van der Waals surface area contributed by atoms with Crippen LogP contribution in [0.2, 0.25) is 0 Å². The predicted molar refractivity (Wildman–Crippen MR) is 458 cm³/mol. The fraction of sp³-hybridized carbons (Fsp3) is 0.333. The molecule has 614 valence electrons. The number of aryl methyl sites for hydroxylation is 6. The first-order valence-corrected chi connectivity index (χ1v) is 40.1. The Bertz CT molecular complexity index is 5710. The number of carbonyl (C=O) groups is 4. The van der Waals surface area contributed by atoms with E-state index in [0.717, 1.165) is 115 Å². The number of benzene rings is 3. The second kappa shape index (κ2) is 38.8. The van der Waals surface area contributed by atoms with E-state index in [4.69, 9.17) is 42.8 Å². The molecular formula is C90H98Br2LiN15O11. The monoisotopic (exact) mass is 1730 g/mol. The summed E-state index contributed by atoms with van der Waals surface area (Å²) in [5.74, 6) is 4.37.